The molecule has 0 unspecified atom stereocenters. The molecule has 0 aliphatic carbocycles. The molecular weight excluding hydrogens is 322 g/mol. The molecule has 118 valence electrons. The highest BCUT2D eigenvalue weighted by atomic mass is 32.2. The summed E-state index contributed by atoms with van der Waals surface area (Å²) in [6.45, 7) is 0. The van der Waals surface area contributed by atoms with Crippen LogP contribution in [0.3, 0.4) is 0 Å². The van der Waals surface area contributed by atoms with Crippen LogP contribution in [0.4, 0.5) is 11.5 Å². The van der Waals surface area contributed by atoms with Gasteiger partial charge in [0.25, 0.3) is 0 Å². The van der Waals surface area contributed by atoms with Gasteiger partial charge in [0.05, 0.1) is 11.9 Å². The van der Waals surface area contributed by atoms with Gasteiger partial charge in [-0.25, -0.2) is 9.97 Å². The number of nitrogen functional groups attached to an aromatic ring is 1. The molecule has 0 radical (unpaired) electrons. The number of fused-ring (bicyclic) bond motifs is 1. The molecule has 0 bridgehead atoms. The number of aromatic nitrogens is 2. The van der Waals surface area contributed by atoms with Crippen molar-refractivity contribution in [2.75, 3.05) is 16.8 Å². The summed E-state index contributed by atoms with van der Waals surface area (Å²) in [6, 6.07) is 15.6. The first-order chi connectivity index (χ1) is 11.7. The topological polar surface area (TPSA) is 105 Å². The molecule has 1 aromatic heterocycles. The van der Waals surface area contributed by atoms with Crippen LogP contribution < -0.4 is 11.1 Å². The number of amides is 1. The number of nitrogens with zero attached hydrogens (tertiary/aromatic N) is 3. The molecule has 0 fully saturated rings. The zero-order valence-corrected chi connectivity index (χ0v) is 13.4. The van der Waals surface area contributed by atoms with Crippen molar-refractivity contribution in [2.24, 2.45) is 0 Å². The van der Waals surface area contributed by atoms with E-state index in [1.54, 1.807) is 0 Å². The van der Waals surface area contributed by atoms with Crippen LogP contribution in [0.25, 0.3) is 10.8 Å². The number of rotatable bonds is 4. The first-order valence-electron chi connectivity index (χ1n) is 7.10. The van der Waals surface area contributed by atoms with Crippen molar-refractivity contribution in [3.05, 3.63) is 54.2 Å². The van der Waals surface area contributed by atoms with Crippen LogP contribution in [-0.4, -0.2) is 21.6 Å². The number of nitrogens with two attached hydrogens (primary N) is 1. The molecule has 3 rings (SSSR count). The van der Waals surface area contributed by atoms with Gasteiger partial charge in [-0.2, -0.15) is 5.26 Å². The number of hydrogen-bond donors (Lipinski definition) is 2. The highest BCUT2D eigenvalue weighted by Crippen LogP contribution is 2.20. The number of anilines is 2. The zero-order valence-electron chi connectivity index (χ0n) is 12.6. The standard InChI is InChI=1S/C17H13N5OS/c18-8-13-9-20-17(22-16(13)19)24-10-15(23)21-14-6-5-11-3-1-2-4-12(11)7-14/h1-7,9H,10H2,(H,21,23)(H2,19,20,22). The summed E-state index contributed by atoms with van der Waals surface area (Å²) in [7, 11) is 0. The van der Waals surface area contributed by atoms with E-state index >= 15 is 0 Å². The maximum Gasteiger partial charge on any atom is 0.234 e. The van der Waals surface area contributed by atoms with Gasteiger partial charge in [-0.05, 0) is 22.9 Å². The van der Waals surface area contributed by atoms with Gasteiger partial charge in [-0.3, -0.25) is 4.79 Å². The third kappa shape index (κ3) is 3.62. The van der Waals surface area contributed by atoms with E-state index in [2.05, 4.69) is 15.3 Å². The Hall–Kier alpha value is -3.11. The lowest BCUT2D eigenvalue weighted by Gasteiger charge is -2.06. The fourth-order valence-electron chi connectivity index (χ4n) is 2.13. The Bertz CT molecular complexity index is 951. The Morgan fingerprint density at radius 3 is 2.79 bits per heavy atom. The minimum atomic E-state index is -0.165. The van der Waals surface area contributed by atoms with Gasteiger partial charge >= 0.3 is 0 Å². The number of nitriles is 1. The molecule has 0 aliphatic heterocycles. The second kappa shape index (κ2) is 6.98. The predicted molar refractivity (Wildman–Crippen MR) is 94.5 cm³/mol. The molecule has 24 heavy (non-hydrogen) atoms. The second-order valence-corrected chi connectivity index (χ2v) is 5.90. The smallest absolute Gasteiger partial charge is 0.234 e. The van der Waals surface area contributed by atoms with Crippen LogP contribution >= 0.6 is 11.8 Å². The zero-order chi connectivity index (χ0) is 16.9. The summed E-state index contributed by atoms with van der Waals surface area (Å²) in [5, 5.41) is 14.2. The molecule has 1 heterocycles. The Labute approximate surface area is 142 Å². The summed E-state index contributed by atoms with van der Waals surface area (Å²) in [6.07, 6.45) is 1.35. The lowest BCUT2D eigenvalue weighted by molar-refractivity contribution is -0.113. The number of carbonyl (C=O) groups excluding carboxylic acids is 1. The van der Waals surface area contributed by atoms with Crippen molar-refractivity contribution in [1.82, 2.24) is 9.97 Å². The molecule has 0 saturated carbocycles. The lowest BCUT2D eigenvalue weighted by atomic mass is 10.1. The number of benzene rings is 2. The molecular formula is C17H13N5OS. The Morgan fingerprint density at radius 1 is 1.25 bits per heavy atom. The fourth-order valence-corrected chi connectivity index (χ4v) is 2.75. The average molecular weight is 335 g/mol. The molecule has 1 amide bonds. The van der Waals surface area contributed by atoms with Gasteiger partial charge in [0.1, 0.15) is 17.5 Å². The van der Waals surface area contributed by atoms with Gasteiger partial charge < -0.3 is 11.1 Å². The van der Waals surface area contributed by atoms with E-state index < -0.39 is 0 Å². The SMILES string of the molecule is N#Cc1cnc(SCC(=O)Nc2ccc3ccccc3c2)nc1N. The van der Waals surface area contributed by atoms with Crippen LogP contribution in [0.5, 0.6) is 0 Å². The molecule has 3 aromatic rings. The average Bonchev–Trinajstić information content (AvgIpc) is 2.60. The van der Waals surface area contributed by atoms with E-state index in [1.165, 1.54) is 6.20 Å². The Kier molecular flexibility index (Phi) is 4.59. The monoisotopic (exact) mass is 335 g/mol. The molecule has 7 heteroatoms. The number of nitrogens with one attached hydrogen (secondary N) is 1. The largest absolute Gasteiger partial charge is 0.382 e. The maximum atomic E-state index is 12.1. The molecule has 0 saturated heterocycles. The Balaban J connectivity index is 1.62. The van der Waals surface area contributed by atoms with E-state index in [0.29, 0.717) is 5.16 Å². The van der Waals surface area contributed by atoms with Gasteiger partial charge in [-0.15, -0.1) is 0 Å². The molecule has 6 nitrogen and oxygen atoms in total. The number of carbonyl (C=O) groups is 1. The number of thioether (sulfide) groups is 1. The Morgan fingerprint density at radius 2 is 2.04 bits per heavy atom. The van der Waals surface area contributed by atoms with Crippen LogP contribution in [0.1, 0.15) is 5.56 Å². The minimum absolute atomic E-state index is 0.116. The van der Waals surface area contributed by atoms with E-state index in [9.17, 15) is 4.79 Å². The van der Waals surface area contributed by atoms with Crippen molar-refractivity contribution >= 4 is 39.9 Å². The summed E-state index contributed by atoms with van der Waals surface area (Å²) >= 11 is 1.16. The van der Waals surface area contributed by atoms with Gasteiger partial charge in [0.15, 0.2) is 5.16 Å². The van der Waals surface area contributed by atoms with Crippen molar-refractivity contribution in [3.8, 4) is 6.07 Å². The third-order valence-corrected chi connectivity index (χ3v) is 4.14. The van der Waals surface area contributed by atoms with Crippen molar-refractivity contribution in [1.29, 1.82) is 5.26 Å². The van der Waals surface area contributed by atoms with Crippen molar-refractivity contribution < 1.29 is 4.79 Å². The second-order valence-electron chi connectivity index (χ2n) is 4.96. The van der Waals surface area contributed by atoms with E-state index in [-0.39, 0.29) is 23.0 Å². The van der Waals surface area contributed by atoms with Gasteiger partial charge in [0, 0.05) is 5.69 Å². The van der Waals surface area contributed by atoms with Gasteiger partial charge in [-0.1, -0.05) is 42.1 Å². The van der Waals surface area contributed by atoms with Crippen molar-refractivity contribution in [3.63, 3.8) is 0 Å². The van der Waals surface area contributed by atoms with Crippen LogP contribution in [0.2, 0.25) is 0 Å². The first-order valence-corrected chi connectivity index (χ1v) is 8.08. The van der Waals surface area contributed by atoms with E-state index in [1.807, 2.05) is 48.5 Å². The molecule has 0 spiro atoms. The quantitative estimate of drug-likeness (QED) is 0.561. The first kappa shape index (κ1) is 15.8. The van der Waals surface area contributed by atoms with Crippen molar-refractivity contribution in [2.45, 2.75) is 5.16 Å². The van der Waals surface area contributed by atoms with E-state index in [4.69, 9.17) is 11.0 Å². The van der Waals surface area contributed by atoms with Crippen LogP contribution in [-0.2, 0) is 4.79 Å². The molecule has 0 atom stereocenters. The highest BCUT2D eigenvalue weighted by molar-refractivity contribution is 7.99. The normalized spacial score (nSPS) is 10.3. The van der Waals surface area contributed by atoms with Crippen LogP contribution in [0.15, 0.2) is 53.8 Å². The summed E-state index contributed by atoms with van der Waals surface area (Å²) < 4.78 is 0. The molecule has 3 N–H and O–H groups in total. The van der Waals surface area contributed by atoms with Crippen LogP contribution in [0, 0.1) is 11.3 Å². The summed E-state index contributed by atoms with van der Waals surface area (Å²) in [4.78, 5) is 20.0. The van der Waals surface area contributed by atoms with Gasteiger partial charge in [0.2, 0.25) is 5.91 Å². The van der Waals surface area contributed by atoms with E-state index in [0.717, 1.165) is 28.2 Å². The predicted octanol–water partition coefficient (Wildman–Crippen LogP) is 2.81. The fraction of sp³-hybridized carbons (Fsp3) is 0.0588. The molecule has 2 aromatic carbocycles. The maximum absolute atomic E-state index is 12.1. The highest BCUT2D eigenvalue weighted by Gasteiger charge is 2.08. The lowest BCUT2D eigenvalue weighted by Crippen LogP contribution is -2.14. The minimum Gasteiger partial charge on any atom is -0.382 e. The summed E-state index contributed by atoms with van der Waals surface area (Å²) in [5.74, 6) is 0.102. The molecule has 0 aliphatic rings. The third-order valence-electron chi connectivity index (χ3n) is 3.28. The summed E-state index contributed by atoms with van der Waals surface area (Å²) in [5.41, 5.74) is 6.59. The number of hydrogen-bond acceptors (Lipinski definition) is 6.